The second-order valence-corrected chi connectivity index (χ2v) is 5.22. The third-order valence-electron chi connectivity index (χ3n) is 4.86. The number of carboxylic acids is 1. The first-order valence-corrected chi connectivity index (χ1v) is 6.07. The molecule has 2 aliphatic carbocycles. The summed E-state index contributed by atoms with van der Waals surface area (Å²) in [5.74, 6) is 1.26. The molecular weight excluding hydrogens is 190 g/mol. The molecule has 3 N–H and O–H groups in total. The van der Waals surface area contributed by atoms with E-state index in [2.05, 4.69) is 6.92 Å². The number of carboxylic acid groups (broad SMARTS) is 1. The Hall–Kier alpha value is -0.570. The number of hydrogen-bond donors (Lipinski definition) is 2. The Morgan fingerprint density at radius 2 is 2.27 bits per heavy atom. The molecule has 2 aliphatic rings. The van der Waals surface area contributed by atoms with Crippen LogP contribution in [0.5, 0.6) is 0 Å². The molecule has 0 heterocycles. The van der Waals surface area contributed by atoms with Crippen LogP contribution in [0.4, 0.5) is 0 Å². The van der Waals surface area contributed by atoms with Gasteiger partial charge in [-0.2, -0.15) is 0 Å². The summed E-state index contributed by atoms with van der Waals surface area (Å²) in [6, 6.07) is 0. The molecule has 3 nitrogen and oxygen atoms in total. The highest BCUT2D eigenvalue weighted by Gasteiger charge is 2.61. The van der Waals surface area contributed by atoms with Crippen LogP contribution in [-0.2, 0) is 4.79 Å². The van der Waals surface area contributed by atoms with Crippen LogP contribution in [0.3, 0.4) is 0 Å². The van der Waals surface area contributed by atoms with Crippen molar-refractivity contribution >= 4 is 5.97 Å². The highest BCUT2D eigenvalue weighted by molar-refractivity contribution is 5.68. The predicted molar refractivity (Wildman–Crippen MR) is 58.4 cm³/mol. The maximum absolute atomic E-state index is 11.0. The molecule has 0 saturated heterocycles. The third kappa shape index (κ3) is 1.40. The fraction of sp³-hybridized carbons (Fsp3) is 0.917. The number of nitrogens with two attached hydrogens (primary N) is 1. The summed E-state index contributed by atoms with van der Waals surface area (Å²) >= 11 is 0. The lowest BCUT2D eigenvalue weighted by Gasteiger charge is -2.59. The van der Waals surface area contributed by atoms with Crippen LogP contribution in [-0.4, -0.2) is 17.6 Å². The van der Waals surface area contributed by atoms with Crippen molar-refractivity contribution in [2.45, 2.75) is 39.0 Å². The van der Waals surface area contributed by atoms with E-state index < -0.39 is 5.97 Å². The van der Waals surface area contributed by atoms with Gasteiger partial charge < -0.3 is 10.8 Å². The zero-order valence-electron chi connectivity index (χ0n) is 9.41. The maximum Gasteiger partial charge on any atom is 0.303 e. The molecule has 0 aromatic heterocycles. The van der Waals surface area contributed by atoms with E-state index in [9.17, 15) is 4.79 Å². The van der Waals surface area contributed by atoms with Gasteiger partial charge in [0.1, 0.15) is 0 Å². The quantitative estimate of drug-likeness (QED) is 0.746. The third-order valence-corrected chi connectivity index (χ3v) is 4.86. The molecule has 0 amide bonds. The largest absolute Gasteiger partial charge is 0.481 e. The number of aliphatic carboxylic acids is 1. The van der Waals surface area contributed by atoms with Crippen LogP contribution in [0.25, 0.3) is 0 Å². The van der Waals surface area contributed by atoms with Crippen molar-refractivity contribution < 1.29 is 9.90 Å². The van der Waals surface area contributed by atoms with Gasteiger partial charge in [0.2, 0.25) is 0 Å². The summed E-state index contributed by atoms with van der Waals surface area (Å²) in [5, 5.41) is 9.02. The van der Waals surface area contributed by atoms with Crippen LogP contribution in [0, 0.1) is 23.2 Å². The van der Waals surface area contributed by atoms with E-state index in [4.69, 9.17) is 10.8 Å². The van der Waals surface area contributed by atoms with E-state index in [1.165, 1.54) is 19.3 Å². The van der Waals surface area contributed by atoms with Gasteiger partial charge in [0.15, 0.2) is 0 Å². The molecule has 4 atom stereocenters. The summed E-state index contributed by atoms with van der Waals surface area (Å²) in [6.45, 7) is 2.73. The van der Waals surface area contributed by atoms with E-state index in [0.29, 0.717) is 18.4 Å². The van der Waals surface area contributed by atoms with Crippen LogP contribution in [0.2, 0.25) is 0 Å². The Bertz CT molecular complexity index is 266. The Morgan fingerprint density at radius 3 is 2.80 bits per heavy atom. The molecule has 2 rings (SSSR count). The Kier molecular flexibility index (Phi) is 2.75. The smallest absolute Gasteiger partial charge is 0.303 e. The number of hydrogen-bond acceptors (Lipinski definition) is 2. The summed E-state index contributed by atoms with van der Waals surface area (Å²) < 4.78 is 0. The number of rotatable bonds is 4. The molecule has 2 fully saturated rings. The summed E-state index contributed by atoms with van der Waals surface area (Å²) in [7, 11) is 0. The second kappa shape index (κ2) is 3.78. The minimum absolute atomic E-state index is 0.0677. The zero-order chi connectivity index (χ0) is 11.1. The Labute approximate surface area is 91.0 Å². The number of carbonyl (C=O) groups is 1. The minimum atomic E-state index is -0.677. The molecule has 3 unspecified atom stereocenters. The standard InChI is InChI=1S/C12H21NO2/c1-2-9-8-4-3-5-10(8)12(9,7-13)6-11(14)15/h8-10H,2-7,13H2,1H3,(H,14,15)/t8?,9?,10?,12-/m0/s1. The molecule has 0 aromatic carbocycles. The lowest BCUT2D eigenvalue weighted by atomic mass is 9.46. The molecule has 0 spiro atoms. The van der Waals surface area contributed by atoms with E-state index in [1.54, 1.807) is 0 Å². The minimum Gasteiger partial charge on any atom is -0.481 e. The number of fused-ring (bicyclic) bond motifs is 1. The van der Waals surface area contributed by atoms with Crippen LogP contribution >= 0.6 is 0 Å². The van der Waals surface area contributed by atoms with Crippen molar-refractivity contribution in [1.29, 1.82) is 0 Å². The first kappa shape index (κ1) is 10.9. The average Bonchev–Trinajstić information content (AvgIpc) is 2.60. The van der Waals surface area contributed by atoms with E-state index >= 15 is 0 Å². The predicted octanol–water partition coefficient (Wildman–Crippen LogP) is 1.86. The van der Waals surface area contributed by atoms with Gasteiger partial charge in [-0.3, -0.25) is 4.79 Å². The van der Waals surface area contributed by atoms with Gasteiger partial charge >= 0.3 is 5.97 Å². The molecular formula is C12H21NO2. The van der Waals surface area contributed by atoms with Crippen LogP contribution in [0.1, 0.15) is 39.0 Å². The van der Waals surface area contributed by atoms with Crippen LogP contribution in [0.15, 0.2) is 0 Å². The first-order valence-electron chi connectivity index (χ1n) is 6.07. The van der Waals surface area contributed by atoms with E-state index in [0.717, 1.165) is 12.3 Å². The van der Waals surface area contributed by atoms with Crippen molar-refractivity contribution in [3.05, 3.63) is 0 Å². The maximum atomic E-state index is 11.0. The first-order chi connectivity index (χ1) is 7.15. The van der Waals surface area contributed by atoms with Gasteiger partial charge in [0.25, 0.3) is 0 Å². The zero-order valence-corrected chi connectivity index (χ0v) is 9.41. The Morgan fingerprint density at radius 1 is 1.53 bits per heavy atom. The van der Waals surface area contributed by atoms with Gasteiger partial charge in [-0.15, -0.1) is 0 Å². The van der Waals surface area contributed by atoms with Crippen molar-refractivity contribution in [2.75, 3.05) is 6.54 Å². The lowest BCUT2D eigenvalue weighted by Crippen LogP contribution is -2.59. The highest BCUT2D eigenvalue weighted by Crippen LogP contribution is 2.65. The van der Waals surface area contributed by atoms with Gasteiger partial charge in [-0.05, 0) is 42.6 Å². The van der Waals surface area contributed by atoms with Crippen molar-refractivity contribution in [2.24, 2.45) is 28.9 Å². The van der Waals surface area contributed by atoms with Gasteiger partial charge in [0, 0.05) is 0 Å². The molecule has 86 valence electrons. The van der Waals surface area contributed by atoms with Gasteiger partial charge in [0.05, 0.1) is 6.42 Å². The highest BCUT2D eigenvalue weighted by atomic mass is 16.4. The molecule has 0 aliphatic heterocycles. The van der Waals surface area contributed by atoms with Gasteiger partial charge in [-0.25, -0.2) is 0 Å². The normalized spacial score (nSPS) is 43.5. The van der Waals surface area contributed by atoms with Crippen molar-refractivity contribution in [1.82, 2.24) is 0 Å². The Balaban J connectivity index is 2.18. The average molecular weight is 211 g/mol. The second-order valence-electron chi connectivity index (χ2n) is 5.22. The SMILES string of the molecule is CCC1C2CCCC2[C@]1(CN)CC(=O)O. The molecule has 0 radical (unpaired) electrons. The topological polar surface area (TPSA) is 63.3 Å². The lowest BCUT2D eigenvalue weighted by molar-refractivity contribution is -0.155. The fourth-order valence-corrected chi connectivity index (χ4v) is 4.39. The molecule has 3 heteroatoms. The van der Waals surface area contributed by atoms with E-state index in [-0.39, 0.29) is 11.8 Å². The van der Waals surface area contributed by atoms with Crippen LogP contribution < -0.4 is 5.73 Å². The summed E-state index contributed by atoms with van der Waals surface area (Å²) in [6.07, 6.45) is 5.14. The monoisotopic (exact) mass is 211 g/mol. The molecule has 15 heavy (non-hydrogen) atoms. The van der Waals surface area contributed by atoms with Crippen molar-refractivity contribution in [3.63, 3.8) is 0 Å². The molecule has 0 bridgehead atoms. The fourth-order valence-electron chi connectivity index (χ4n) is 4.39. The van der Waals surface area contributed by atoms with E-state index in [1.807, 2.05) is 0 Å². The molecule has 0 aromatic rings. The van der Waals surface area contributed by atoms with Gasteiger partial charge in [-0.1, -0.05) is 19.8 Å². The summed E-state index contributed by atoms with van der Waals surface area (Å²) in [5.41, 5.74) is 5.81. The summed E-state index contributed by atoms with van der Waals surface area (Å²) in [4.78, 5) is 11.0. The molecule has 2 saturated carbocycles. The van der Waals surface area contributed by atoms with Crippen molar-refractivity contribution in [3.8, 4) is 0 Å².